The van der Waals surface area contributed by atoms with Gasteiger partial charge in [-0.1, -0.05) is 32.4 Å². The first-order valence-electron chi connectivity index (χ1n) is 7.78. The van der Waals surface area contributed by atoms with Gasteiger partial charge in [0.1, 0.15) is 0 Å². The van der Waals surface area contributed by atoms with Crippen molar-refractivity contribution < 1.29 is 8.42 Å². The van der Waals surface area contributed by atoms with Crippen molar-refractivity contribution in [2.24, 2.45) is 5.92 Å². The number of sulfonamides is 1. The van der Waals surface area contributed by atoms with Crippen LogP contribution in [0.1, 0.15) is 44.7 Å². The molecule has 0 spiro atoms. The molecule has 21 heavy (non-hydrogen) atoms. The van der Waals surface area contributed by atoms with Crippen LogP contribution in [0.3, 0.4) is 0 Å². The van der Waals surface area contributed by atoms with Crippen LogP contribution in [0.25, 0.3) is 0 Å². The fraction of sp³-hybridized carbons (Fsp3) is 0.625. The summed E-state index contributed by atoms with van der Waals surface area (Å²) < 4.78 is 28.1. The molecule has 1 aliphatic heterocycles. The molecule has 0 bridgehead atoms. The van der Waals surface area contributed by atoms with E-state index in [9.17, 15) is 8.42 Å². The van der Waals surface area contributed by atoms with Crippen LogP contribution in [0.5, 0.6) is 0 Å². The monoisotopic (exact) mass is 310 g/mol. The Labute approximate surface area is 128 Å². The molecule has 0 aromatic heterocycles. The molecule has 5 heteroatoms. The zero-order valence-electron chi connectivity index (χ0n) is 13.1. The second-order valence-electron chi connectivity index (χ2n) is 6.09. The van der Waals surface area contributed by atoms with Gasteiger partial charge in [-0.05, 0) is 49.4 Å². The van der Waals surface area contributed by atoms with Crippen LogP contribution < -0.4 is 10.0 Å². The molecule has 1 aromatic carbocycles. The van der Waals surface area contributed by atoms with E-state index in [0.717, 1.165) is 43.5 Å². The maximum absolute atomic E-state index is 12.7. The first-order valence-corrected chi connectivity index (χ1v) is 9.26. The highest BCUT2D eigenvalue weighted by Crippen LogP contribution is 2.23. The van der Waals surface area contributed by atoms with Crippen LogP contribution in [-0.2, 0) is 23.0 Å². The second-order valence-corrected chi connectivity index (χ2v) is 7.77. The van der Waals surface area contributed by atoms with Gasteiger partial charge in [-0.25, -0.2) is 13.1 Å². The Hall–Kier alpha value is -0.910. The maximum atomic E-state index is 12.7. The van der Waals surface area contributed by atoms with E-state index < -0.39 is 10.0 Å². The van der Waals surface area contributed by atoms with Crippen LogP contribution in [0.2, 0.25) is 0 Å². The first-order chi connectivity index (χ1) is 9.94. The van der Waals surface area contributed by atoms with Gasteiger partial charge < -0.3 is 5.32 Å². The molecular formula is C16H26N2O2S. The van der Waals surface area contributed by atoms with Gasteiger partial charge in [0.2, 0.25) is 10.0 Å². The van der Waals surface area contributed by atoms with Crippen molar-refractivity contribution in [3.63, 3.8) is 0 Å². The lowest BCUT2D eigenvalue weighted by atomic mass is 10.0. The smallest absolute Gasteiger partial charge is 0.241 e. The summed E-state index contributed by atoms with van der Waals surface area (Å²) in [7, 11) is -3.43. The Balaban J connectivity index is 2.20. The number of rotatable bonds is 6. The van der Waals surface area contributed by atoms with Gasteiger partial charge >= 0.3 is 0 Å². The van der Waals surface area contributed by atoms with Crippen molar-refractivity contribution >= 4 is 10.0 Å². The average Bonchev–Trinajstić information content (AvgIpc) is 2.45. The number of nitrogens with one attached hydrogen (secondary N) is 2. The third-order valence-electron chi connectivity index (χ3n) is 4.20. The van der Waals surface area contributed by atoms with Gasteiger partial charge in [0.05, 0.1) is 4.90 Å². The van der Waals surface area contributed by atoms with Crippen molar-refractivity contribution in [3.05, 3.63) is 29.3 Å². The fourth-order valence-corrected chi connectivity index (χ4v) is 4.46. The van der Waals surface area contributed by atoms with E-state index in [-0.39, 0.29) is 6.04 Å². The minimum atomic E-state index is -3.43. The highest BCUT2D eigenvalue weighted by atomic mass is 32.2. The Morgan fingerprint density at radius 2 is 2.10 bits per heavy atom. The van der Waals surface area contributed by atoms with Gasteiger partial charge in [0, 0.05) is 12.6 Å². The standard InChI is InChI=1S/C16H26N2O2S/c1-4-12(2)10-13(3)18-21(19,20)16-7-5-6-14-11-17-9-8-15(14)16/h5-7,12-13,17-18H,4,8-11H2,1-3H3. The number of benzene rings is 1. The van der Waals surface area contributed by atoms with Crippen LogP contribution in [0.4, 0.5) is 0 Å². The molecule has 1 aliphatic rings. The summed E-state index contributed by atoms with van der Waals surface area (Å²) in [5.41, 5.74) is 2.07. The Kier molecular flexibility index (Phi) is 5.41. The highest BCUT2D eigenvalue weighted by molar-refractivity contribution is 7.89. The van der Waals surface area contributed by atoms with Crippen molar-refractivity contribution in [1.82, 2.24) is 10.0 Å². The van der Waals surface area contributed by atoms with Crippen LogP contribution >= 0.6 is 0 Å². The first kappa shape index (κ1) is 16.5. The molecule has 2 unspecified atom stereocenters. The zero-order chi connectivity index (χ0) is 15.5. The van der Waals surface area contributed by atoms with Crippen LogP contribution in [0, 0.1) is 5.92 Å². The van der Waals surface area contributed by atoms with Gasteiger partial charge in [-0.2, -0.15) is 0 Å². The molecule has 0 radical (unpaired) electrons. The predicted octanol–water partition coefficient (Wildman–Crippen LogP) is 2.44. The third-order valence-corrected chi connectivity index (χ3v) is 5.87. The summed E-state index contributed by atoms with van der Waals surface area (Å²) in [5.74, 6) is 0.525. The Morgan fingerprint density at radius 1 is 1.33 bits per heavy atom. The van der Waals surface area contributed by atoms with E-state index >= 15 is 0 Å². The second kappa shape index (κ2) is 6.90. The molecule has 1 aromatic rings. The summed E-state index contributed by atoms with van der Waals surface area (Å²) >= 11 is 0. The molecule has 0 amide bonds. The van der Waals surface area contributed by atoms with E-state index in [1.807, 2.05) is 19.1 Å². The molecule has 0 saturated carbocycles. The van der Waals surface area contributed by atoms with Gasteiger partial charge in [0.15, 0.2) is 0 Å². The molecular weight excluding hydrogens is 284 g/mol. The van der Waals surface area contributed by atoms with Gasteiger partial charge in [-0.3, -0.25) is 0 Å². The highest BCUT2D eigenvalue weighted by Gasteiger charge is 2.24. The molecule has 0 saturated heterocycles. The van der Waals surface area contributed by atoms with Crippen LogP contribution in [-0.4, -0.2) is 21.0 Å². The number of hydrogen-bond donors (Lipinski definition) is 2. The lowest BCUT2D eigenvalue weighted by Crippen LogP contribution is -2.35. The normalized spacial score (nSPS) is 18.0. The summed E-state index contributed by atoms with van der Waals surface area (Å²) in [5, 5.41) is 3.28. The third kappa shape index (κ3) is 4.05. The predicted molar refractivity (Wildman–Crippen MR) is 85.7 cm³/mol. The average molecular weight is 310 g/mol. The van der Waals surface area contributed by atoms with E-state index in [2.05, 4.69) is 23.9 Å². The summed E-state index contributed by atoms with van der Waals surface area (Å²) in [6, 6.07) is 5.52. The topological polar surface area (TPSA) is 58.2 Å². The quantitative estimate of drug-likeness (QED) is 0.848. The van der Waals surface area contributed by atoms with E-state index in [4.69, 9.17) is 0 Å². The zero-order valence-corrected chi connectivity index (χ0v) is 14.0. The Bertz CT molecular complexity index is 584. The van der Waals surface area contributed by atoms with Crippen LogP contribution in [0.15, 0.2) is 23.1 Å². The summed E-state index contributed by atoms with van der Waals surface area (Å²) in [4.78, 5) is 0.456. The largest absolute Gasteiger partial charge is 0.312 e. The lowest BCUT2D eigenvalue weighted by molar-refractivity contribution is 0.445. The van der Waals surface area contributed by atoms with E-state index in [0.29, 0.717) is 10.8 Å². The molecule has 1 heterocycles. The maximum Gasteiger partial charge on any atom is 0.241 e. The SMILES string of the molecule is CCC(C)CC(C)NS(=O)(=O)c1cccc2c1CCNC2. The molecule has 118 valence electrons. The molecule has 2 atom stereocenters. The molecule has 0 fully saturated rings. The lowest BCUT2D eigenvalue weighted by Gasteiger charge is -2.22. The number of hydrogen-bond acceptors (Lipinski definition) is 3. The molecule has 2 N–H and O–H groups in total. The van der Waals surface area contributed by atoms with Gasteiger partial charge in [-0.15, -0.1) is 0 Å². The fourth-order valence-electron chi connectivity index (χ4n) is 2.90. The number of fused-ring (bicyclic) bond motifs is 1. The van der Waals surface area contributed by atoms with E-state index in [1.165, 1.54) is 0 Å². The minimum Gasteiger partial charge on any atom is -0.312 e. The van der Waals surface area contributed by atoms with Crippen molar-refractivity contribution in [1.29, 1.82) is 0 Å². The van der Waals surface area contributed by atoms with Crippen molar-refractivity contribution in [2.45, 2.75) is 57.5 Å². The van der Waals surface area contributed by atoms with Crippen molar-refractivity contribution in [3.8, 4) is 0 Å². The molecule has 0 aliphatic carbocycles. The summed E-state index contributed by atoms with van der Waals surface area (Å²) in [6.07, 6.45) is 2.71. The van der Waals surface area contributed by atoms with E-state index in [1.54, 1.807) is 6.07 Å². The summed E-state index contributed by atoms with van der Waals surface area (Å²) in [6.45, 7) is 7.82. The van der Waals surface area contributed by atoms with Gasteiger partial charge in [0.25, 0.3) is 0 Å². The minimum absolute atomic E-state index is 0.0393. The molecule has 2 rings (SSSR count). The Morgan fingerprint density at radius 3 is 2.81 bits per heavy atom. The van der Waals surface area contributed by atoms with Crippen molar-refractivity contribution in [2.75, 3.05) is 6.54 Å². The molecule has 4 nitrogen and oxygen atoms in total.